The topological polar surface area (TPSA) is 49.9 Å². The molecule has 0 bridgehead atoms. The smallest absolute Gasteiger partial charge is 0.253 e. The summed E-state index contributed by atoms with van der Waals surface area (Å²) in [7, 11) is 0. The van der Waals surface area contributed by atoms with Crippen LogP contribution in [0.5, 0.6) is 5.75 Å². The van der Waals surface area contributed by atoms with E-state index < -0.39 is 0 Å². The number of nitrogens with zero attached hydrogens (tertiary/aromatic N) is 2. The number of hydrogen-bond acceptors (Lipinski definition) is 3. The van der Waals surface area contributed by atoms with E-state index in [1.807, 2.05) is 64.4 Å². The molecule has 150 valence electrons. The SMILES string of the molecule is C=CC(=O)N1CC2(CCN(C(=O)c3ccc(OCc4ccccc4)cc3)CC2)C1. The molecule has 0 unspecified atom stereocenters. The number of ether oxygens (including phenoxy) is 1. The van der Waals surface area contributed by atoms with Crippen molar-refractivity contribution in [3.8, 4) is 5.75 Å². The standard InChI is InChI=1S/C24H26N2O3/c1-2-22(27)26-17-24(18-26)12-14-25(15-13-24)23(28)20-8-10-21(11-9-20)29-16-19-6-4-3-5-7-19/h2-11H,1,12-18H2. The van der Waals surface area contributed by atoms with Gasteiger partial charge in [-0.25, -0.2) is 0 Å². The van der Waals surface area contributed by atoms with Gasteiger partial charge in [0, 0.05) is 37.2 Å². The van der Waals surface area contributed by atoms with Gasteiger partial charge >= 0.3 is 0 Å². The fourth-order valence-electron chi connectivity index (χ4n) is 4.17. The Morgan fingerprint density at radius 2 is 1.62 bits per heavy atom. The first-order chi connectivity index (χ1) is 14.1. The molecule has 0 saturated carbocycles. The lowest BCUT2D eigenvalue weighted by Gasteiger charge is -2.53. The molecule has 0 aliphatic carbocycles. The second-order valence-corrected chi connectivity index (χ2v) is 7.99. The zero-order valence-corrected chi connectivity index (χ0v) is 16.5. The lowest BCUT2D eigenvalue weighted by Crippen LogP contribution is -2.61. The van der Waals surface area contributed by atoms with Gasteiger partial charge in [-0.05, 0) is 48.7 Å². The lowest BCUT2D eigenvalue weighted by atomic mass is 9.72. The van der Waals surface area contributed by atoms with E-state index in [0.717, 1.165) is 50.3 Å². The van der Waals surface area contributed by atoms with Crippen molar-refractivity contribution in [2.24, 2.45) is 5.41 Å². The van der Waals surface area contributed by atoms with Crippen LogP contribution in [0.1, 0.15) is 28.8 Å². The molecule has 2 amide bonds. The summed E-state index contributed by atoms with van der Waals surface area (Å²) in [5.41, 5.74) is 1.98. The molecule has 2 fully saturated rings. The summed E-state index contributed by atoms with van der Waals surface area (Å²) < 4.78 is 5.80. The molecule has 0 atom stereocenters. The summed E-state index contributed by atoms with van der Waals surface area (Å²) in [6, 6.07) is 17.4. The highest BCUT2D eigenvalue weighted by Crippen LogP contribution is 2.40. The van der Waals surface area contributed by atoms with Crippen molar-refractivity contribution in [3.63, 3.8) is 0 Å². The van der Waals surface area contributed by atoms with E-state index in [4.69, 9.17) is 4.74 Å². The minimum absolute atomic E-state index is 0.00343. The number of hydrogen-bond donors (Lipinski definition) is 0. The van der Waals surface area contributed by atoms with Gasteiger partial charge in [-0.2, -0.15) is 0 Å². The van der Waals surface area contributed by atoms with Gasteiger partial charge in [0.05, 0.1) is 0 Å². The number of likely N-dealkylation sites (tertiary alicyclic amines) is 2. The van der Waals surface area contributed by atoms with Gasteiger partial charge in [-0.1, -0.05) is 36.9 Å². The van der Waals surface area contributed by atoms with Crippen LogP contribution in [0.3, 0.4) is 0 Å². The van der Waals surface area contributed by atoms with E-state index in [2.05, 4.69) is 6.58 Å². The van der Waals surface area contributed by atoms with Crippen molar-refractivity contribution in [2.75, 3.05) is 26.2 Å². The zero-order chi connectivity index (χ0) is 20.3. The van der Waals surface area contributed by atoms with E-state index in [1.54, 1.807) is 0 Å². The van der Waals surface area contributed by atoms with Crippen molar-refractivity contribution >= 4 is 11.8 Å². The monoisotopic (exact) mass is 390 g/mol. The summed E-state index contributed by atoms with van der Waals surface area (Å²) in [5, 5.41) is 0. The Hall–Kier alpha value is -3.08. The normalized spacial score (nSPS) is 17.5. The van der Waals surface area contributed by atoms with E-state index in [1.165, 1.54) is 6.08 Å². The molecule has 29 heavy (non-hydrogen) atoms. The van der Waals surface area contributed by atoms with Crippen LogP contribution in [0, 0.1) is 5.41 Å². The highest BCUT2D eigenvalue weighted by atomic mass is 16.5. The van der Waals surface area contributed by atoms with Gasteiger partial charge in [0.15, 0.2) is 0 Å². The maximum atomic E-state index is 12.8. The molecule has 2 aliphatic heterocycles. The number of carbonyl (C=O) groups is 2. The van der Waals surface area contributed by atoms with Crippen LogP contribution in [-0.4, -0.2) is 47.8 Å². The molecule has 5 heteroatoms. The second-order valence-electron chi connectivity index (χ2n) is 7.99. The summed E-state index contributed by atoms with van der Waals surface area (Å²) in [4.78, 5) is 28.3. The number of carbonyl (C=O) groups excluding carboxylic acids is 2. The molecule has 0 radical (unpaired) electrons. The molecule has 2 saturated heterocycles. The molecule has 2 heterocycles. The van der Waals surface area contributed by atoms with E-state index in [0.29, 0.717) is 12.2 Å². The largest absolute Gasteiger partial charge is 0.489 e. The van der Waals surface area contributed by atoms with Crippen LogP contribution in [0.4, 0.5) is 0 Å². The number of rotatable bonds is 5. The first-order valence-corrected chi connectivity index (χ1v) is 10.1. The number of piperidine rings is 1. The predicted octanol–water partition coefficient (Wildman–Crippen LogP) is 3.52. The van der Waals surface area contributed by atoms with Crippen LogP contribution in [0.15, 0.2) is 67.3 Å². The van der Waals surface area contributed by atoms with Crippen molar-refractivity contribution in [3.05, 3.63) is 78.4 Å². The fourth-order valence-corrected chi connectivity index (χ4v) is 4.17. The van der Waals surface area contributed by atoms with Crippen LogP contribution in [0.25, 0.3) is 0 Å². The molecular weight excluding hydrogens is 364 g/mol. The first kappa shape index (κ1) is 19.2. The molecule has 5 nitrogen and oxygen atoms in total. The minimum atomic E-state index is 0.00343. The summed E-state index contributed by atoms with van der Waals surface area (Å²) in [6.45, 7) is 7.10. The molecular formula is C24H26N2O3. The quantitative estimate of drug-likeness (QED) is 0.734. The Kier molecular flexibility index (Phi) is 5.38. The van der Waals surface area contributed by atoms with E-state index in [-0.39, 0.29) is 17.2 Å². The summed E-state index contributed by atoms with van der Waals surface area (Å²) in [5.74, 6) is 0.820. The van der Waals surface area contributed by atoms with Crippen LogP contribution in [0.2, 0.25) is 0 Å². The number of amides is 2. The van der Waals surface area contributed by atoms with Crippen molar-refractivity contribution in [1.82, 2.24) is 9.80 Å². The maximum Gasteiger partial charge on any atom is 0.253 e. The van der Waals surface area contributed by atoms with Crippen LogP contribution >= 0.6 is 0 Å². The number of benzene rings is 2. The minimum Gasteiger partial charge on any atom is -0.489 e. The average molecular weight is 390 g/mol. The maximum absolute atomic E-state index is 12.8. The second kappa shape index (κ2) is 8.11. The molecule has 0 N–H and O–H groups in total. The Bertz CT molecular complexity index is 876. The molecule has 1 spiro atoms. The zero-order valence-electron chi connectivity index (χ0n) is 16.5. The molecule has 2 aliphatic rings. The lowest BCUT2D eigenvalue weighted by molar-refractivity contribution is -0.140. The Morgan fingerprint density at radius 3 is 2.24 bits per heavy atom. The first-order valence-electron chi connectivity index (χ1n) is 10.1. The average Bonchev–Trinajstić information content (AvgIpc) is 2.76. The Balaban J connectivity index is 1.28. The molecule has 2 aromatic carbocycles. The third-order valence-corrected chi connectivity index (χ3v) is 6.00. The fraction of sp³-hybridized carbons (Fsp3) is 0.333. The Labute approximate surface area is 171 Å². The Morgan fingerprint density at radius 1 is 0.966 bits per heavy atom. The van der Waals surface area contributed by atoms with E-state index >= 15 is 0 Å². The third kappa shape index (κ3) is 4.19. The highest BCUT2D eigenvalue weighted by Gasteiger charge is 2.46. The van der Waals surface area contributed by atoms with Crippen molar-refractivity contribution in [2.45, 2.75) is 19.4 Å². The van der Waals surface area contributed by atoms with Gasteiger partial charge in [0.1, 0.15) is 12.4 Å². The van der Waals surface area contributed by atoms with Gasteiger partial charge in [0.25, 0.3) is 5.91 Å². The third-order valence-electron chi connectivity index (χ3n) is 6.00. The highest BCUT2D eigenvalue weighted by molar-refractivity contribution is 5.94. The van der Waals surface area contributed by atoms with Crippen LogP contribution in [-0.2, 0) is 11.4 Å². The van der Waals surface area contributed by atoms with Gasteiger partial charge in [0.2, 0.25) is 5.91 Å². The van der Waals surface area contributed by atoms with Crippen molar-refractivity contribution < 1.29 is 14.3 Å². The van der Waals surface area contributed by atoms with Crippen molar-refractivity contribution in [1.29, 1.82) is 0 Å². The molecule has 0 aromatic heterocycles. The van der Waals surface area contributed by atoms with E-state index in [9.17, 15) is 9.59 Å². The van der Waals surface area contributed by atoms with Gasteiger partial charge in [-0.3, -0.25) is 9.59 Å². The predicted molar refractivity (Wildman–Crippen MR) is 112 cm³/mol. The molecule has 4 rings (SSSR count). The summed E-state index contributed by atoms with van der Waals surface area (Å²) >= 11 is 0. The molecule has 2 aromatic rings. The summed E-state index contributed by atoms with van der Waals surface area (Å²) in [6.07, 6.45) is 3.26. The van der Waals surface area contributed by atoms with Gasteiger partial charge < -0.3 is 14.5 Å². The van der Waals surface area contributed by atoms with Gasteiger partial charge in [-0.15, -0.1) is 0 Å². The van der Waals surface area contributed by atoms with Crippen LogP contribution < -0.4 is 4.74 Å².